The molecule has 0 bridgehead atoms. The maximum absolute atomic E-state index is 12.7. The number of sulfonamides is 1. The summed E-state index contributed by atoms with van der Waals surface area (Å²) in [5.74, 6) is 1.63. The summed E-state index contributed by atoms with van der Waals surface area (Å²) in [6.45, 7) is 10.4. The normalized spacial score (nSPS) is 30.6. The third-order valence-electron chi connectivity index (χ3n) is 5.92. The number of nitrogens with one attached hydrogen (secondary N) is 1. The molecule has 5 heteroatoms. The molecular formula is C20H28N2O2S. The van der Waals surface area contributed by atoms with Crippen molar-refractivity contribution in [2.45, 2.75) is 59.9 Å². The van der Waals surface area contributed by atoms with Gasteiger partial charge in [0, 0.05) is 5.57 Å². The van der Waals surface area contributed by atoms with E-state index in [0.29, 0.717) is 22.6 Å². The van der Waals surface area contributed by atoms with Gasteiger partial charge in [-0.05, 0) is 55.7 Å². The molecule has 1 aromatic rings. The van der Waals surface area contributed by atoms with Crippen LogP contribution >= 0.6 is 0 Å². The minimum atomic E-state index is -3.55. The maximum atomic E-state index is 12.7. The molecule has 2 aliphatic rings. The fourth-order valence-corrected chi connectivity index (χ4v) is 5.34. The molecular weight excluding hydrogens is 332 g/mol. The second kappa shape index (κ2) is 6.60. The van der Waals surface area contributed by atoms with Gasteiger partial charge in [-0.3, -0.25) is 9.71 Å². The van der Waals surface area contributed by atoms with Crippen molar-refractivity contribution in [1.82, 2.24) is 4.72 Å². The van der Waals surface area contributed by atoms with E-state index >= 15 is 0 Å². The molecule has 0 spiro atoms. The number of aryl methyl sites for hydroxylation is 2. The summed E-state index contributed by atoms with van der Waals surface area (Å²) in [7, 11) is -3.55. The highest BCUT2D eigenvalue weighted by Crippen LogP contribution is 2.34. The van der Waals surface area contributed by atoms with Crippen LogP contribution in [0, 0.1) is 25.7 Å². The molecule has 1 aliphatic carbocycles. The Balaban J connectivity index is 2.02. The van der Waals surface area contributed by atoms with Gasteiger partial charge in [-0.2, -0.15) is 0 Å². The Bertz CT molecular complexity index is 852. The van der Waals surface area contributed by atoms with Crippen LogP contribution in [-0.2, 0) is 10.0 Å². The van der Waals surface area contributed by atoms with Crippen LogP contribution in [0.15, 0.2) is 28.8 Å². The van der Waals surface area contributed by atoms with Gasteiger partial charge in [-0.1, -0.05) is 44.9 Å². The lowest BCUT2D eigenvalue weighted by atomic mass is 9.78. The molecule has 0 radical (unpaired) electrons. The molecule has 3 atom stereocenters. The highest BCUT2D eigenvalue weighted by molar-refractivity contribution is 8.00. The summed E-state index contributed by atoms with van der Waals surface area (Å²) in [4.78, 5) is 5.19. The third kappa shape index (κ3) is 3.39. The van der Waals surface area contributed by atoms with E-state index in [1.807, 2.05) is 39.0 Å². The lowest BCUT2D eigenvalue weighted by Gasteiger charge is -2.31. The molecule has 1 saturated carbocycles. The fourth-order valence-electron chi connectivity index (χ4n) is 3.84. The third-order valence-corrected chi connectivity index (χ3v) is 7.46. The summed E-state index contributed by atoms with van der Waals surface area (Å²) in [5.41, 5.74) is 3.72. The van der Waals surface area contributed by atoms with Gasteiger partial charge in [0.15, 0.2) is 0 Å². The second-order valence-electron chi connectivity index (χ2n) is 7.67. The zero-order valence-corrected chi connectivity index (χ0v) is 16.6. The molecule has 25 heavy (non-hydrogen) atoms. The Morgan fingerprint density at radius 3 is 2.48 bits per heavy atom. The van der Waals surface area contributed by atoms with Crippen LogP contribution in [0.2, 0.25) is 0 Å². The molecule has 1 heterocycles. The van der Waals surface area contributed by atoms with Crippen molar-refractivity contribution in [1.29, 1.82) is 0 Å². The quantitative estimate of drug-likeness (QED) is 0.859. The van der Waals surface area contributed by atoms with Crippen molar-refractivity contribution in [3.05, 3.63) is 40.5 Å². The van der Waals surface area contributed by atoms with Crippen LogP contribution in [0.25, 0.3) is 4.91 Å². The Morgan fingerprint density at radius 1 is 1.08 bits per heavy atom. The number of hydrogen-bond donors (Lipinski definition) is 1. The number of benzene rings is 1. The van der Waals surface area contributed by atoms with Crippen molar-refractivity contribution in [3.8, 4) is 0 Å². The van der Waals surface area contributed by atoms with E-state index in [0.717, 1.165) is 35.1 Å². The Hall–Kier alpha value is -1.62. The van der Waals surface area contributed by atoms with Crippen LogP contribution in [0.3, 0.4) is 0 Å². The summed E-state index contributed by atoms with van der Waals surface area (Å²) in [6.07, 6.45) is 3.42. The standard InChI is InChI=1S/C20H28N2O2S/c1-12-9-10-17(11-14(12)3)19-16(5)20(22-25(19,23)24)21-18-8-6-7-13(2)15(18)4/h9-11,13,15,18H,6-8H2,1-5H3,(H,21,22)/t13-,15-,18+/m0/s1. The van der Waals surface area contributed by atoms with Crippen molar-refractivity contribution in [2.75, 3.05) is 0 Å². The van der Waals surface area contributed by atoms with Gasteiger partial charge < -0.3 is 0 Å². The van der Waals surface area contributed by atoms with Crippen LogP contribution in [0.4, 0.5) is 0 Å². The molecule has 136 valence electrons. The molecule has 1 N–H and O–H groups in total. The topological polar surface area (TPSA) is 58.5 Å². The fraction of sp³-hybridized carbons (Fsp3) is 0.550. The Kier molecular flexibility index (Phi) is 4.80. The summed E-state index contributed by atoms with van der Waals surface area (Å²) in [6, 6.07) is 5.99. The molecule has 1 aliphatic heterocycles. The summed E-state index contributed by atoms with van der Waals surface area (Å²) >= 11 is 0. The van der Waals surface area contributed by atoms with E-state index in [2.05, 4.69) is 18.6 Å². The number of nitrogens with zero attached hydrogens (tertiary/aromatic N) is 1. The predicted octanol–water partition coefficient (Wildman–Crippen LogP) is 4.19. The zero-order valence-electron chi connectivity index (χ0n) is 15.8. The van der Waals surface area contributed by atoms with E-state index in [9.17, 15) is 8.42 Å². The van der Waals surface area contributed by atoms with Gasteiger partial charge in [-0.25, -0.2) is 8.42 Å². The summed E-state index contributed by atoms with van der Waals surface area (Å²) in [5, 5.41) is 0. The monoisotopic (exact) mass is 360 g/mol. The number of hydrogen-bond acceptors (Lipinski definition) is 3. The van der Waals surface area contributed by atoms with Crippen molar-refractivity contribution in [3.63, 3.8) is 0 Å². The summed E-state index contributed by atoms with van der Waals surface area (Å²) < 4.78 is 28.1. The minimum Gasteiger partial charge on any atom is -0.264 e. The second-order valence-corrected chi connectivity index (χ2v) is 9.29. The molecule has 1 aromatic carbocycles. The maximum Gasteiger partial charge on any atom is 0.264 e. The van der Waals surface area contributed by atoms with E-state index in [1.165, 1.54) is 6.42 Å². The van der Waals surface area contributed by atoms with Gasteiger partial charge in [0.05, 0.1) is 6.04 Å². The highest BCUT2D eigenvalue weighted by Gasteiger charge is 2.34. The smallest absolute Gasteiger partial charge is 0.264 e. The van der Waals surface area contributed by atoms with Crippen molar-refractivity contribution >= 4 is 20.8 Å². The van der Waals surface area contributed by atoms with E-state index in [1.54, 1.807) is 0 Å². The van der Waals surface area contributed by atoms with Crippen molar-refractivity contribution < 1.29 is 8.42 Å². The van der Waals surface area contributed by atoms with Gasteiger partial charge in [-0.15, -0.1) is 0 Å². The molecule has 0 amide bonds. The van der Waals surface area contributed by atoms with Crippen LogP contribution in [0.1, 0.15) is 56.7 Å². The minimum absolute atomic E-state index is 0.190. The SMILES string of the molecule is CC1=C(c2ccc(C)c(C)c2)S(=O)(=O)NC1=N[C@@H]1CCC[C@H](C)[C@@H]1C. The molecule has 3 rings (SSSR count). The molecule has 0 saturated heterocycles. The molecule has 4 nitrogen and oxygen atoms in total. The van der Waals surface area contributed by atoms with Gasteiger partial charge in [0.2, 0.25) is 0 Å². The Morgan fingerprint density at radius 2 is 1.80 bits per heavy atom. The van der Waals surface area contributed by atoms with E-state index in [4.69, 9.17) is 4.99 Å². The first-order valence-corrected chi connectivity index (χ1v) is 10.6. The molecule has 0 unspecified atom stereocenters. The van der Waals surface area contributed by atoms with Gasteiger partial charge in [0.1, 0.15) is 10.7 Å². The van der Waals surface area contributed by atoms with Crippen molar-refractivity contribution in [2.24, 2.45) is 16.8 Å². The van der Waals surface area contributed by atoms with Gasteiger partial charge >= 0.3 is 0 Å². The van der Waals surface area contributed by atoms with E-state index in [-0.39, 0.29) is 6.04 Å². The van der Waals surface area contributed by atoms with Crippen LogP contribution in [-0.4, -0.2) is 20.3 Å². The predicted molar refractivity (Wildman–Crippen MR) is 104 cm³/mol. The largest absolute Gasteiger partial charge is 0.264 e. The number of rotatable bonds is 2. The molecule has 1 fully saturated rings. The number of amidine groups is 1. The lowest BCUT2D eigenvalue weighted by molar-refractivity contribution is 0.241. The average molecular weight is 361 g/mol. The Labute approximate surface area is 151 Å². The van der Waals surface area contributed by atoms with Crippen LogP contribution in [0.5, 0.6) is 0 Å². The zero-order chi connectivity index (χ0) is 18.4. The van der Waals surface area contributed by atoms with Crippen LogP contribution < -0.4 is 4.72 Å². The van der Waals surface area contributed by atoms with E-state index < -0.39 is 10.0 Å². The average Bonchev–Trinajstić information content (AvgIpc) is 2.76. The first-order valence-electron chi connectivity index (χ1n) is 9.10. The first-order chi connectivity index (χ1) is 11.7. The van der Waals surface area contributed by atoms with Gasteiger partial charge in [0.25, 0.3) is 10.0 Å². The lowest BCUT2D eigenvalue weighted by Crippen LogP contribution is -2.31. The first kappa shape index (κ1) is 18.2. The number of aliphatic imine (C=N–C) groups is 1. The highest BCUT2D eigenvalue weighted by atomic mass is 32.2. The molecule has 0 aromatic heterocycles.